The molecule has 158 valence electrons. The Morgan fingerprint density at radius 2 is 1.55 bits per heavy atom. The molecule has 1 amide bonds. The average molecular weight is 417 g/mol. The Bertz CT molecular complexity index is 754. The van der Waals surface area contributed by atoms with Crippen LogP contribution in [0, 0.1) is 0 Å². The SMILES string of the molecule is CCC[C@H](C[C@@H](O)[C@@H](OCC)P(=O)(c1ccccc1)c1ccccc1)NC(C)=O. The number of ether oxygens (including phenoxy) is 1. The lowest BCUT2D eigenvalue weighted by Gasteiger charge is -2.33. The van der Waals surface area contributed by atoms with Crippen LogP contribution in [0.4, 0.5) is 0 Å². The van der Waals surface area contributed by atoms with E-state index in [0.29, 0.717) is 17.2 Å². The molecular formula is C23H32NO4P. The van der Waals surface area contributed by atoms with Crippen molar-refractivity contribution in [3.63, 3.8) is 0 Å². The molecule has 0 aliphatic heterocycles. The molecule has 0 aliphatic carbocycles. The zero-order chi connectivity index (χ0) is 21.3. The Kier molecular flexibility index (Phi) is 9.09. The molecule has 0 aliphatic rings. The van der Waals surface area contributed by atoms with E-state index in [4.69, 9.17) is 4.74 Å². The molecule has 5 nitrogen and oxygen atoms in total. The van der Waals surface area contributed by atoms with E-state index in [-0.39, 0.29) is 18.4 Å². The molecule has 29 heavy (non-hydrogen) atoms. The van der Waals surface area contributed by atoms with Gasteiger partial charge < -0.3 is 19.7 Å². The van der Waals surface area contributed by atoms with E-state index in [1.807, 2.05) is 74.5 Å². The Labute approximate surface area is 173 Å². The van der Waals surface area contributed by atoms with E-state index in [0.717, 1.165) is 12.8 Å². The monoisotopic (exact) mass is 417 g/mol. The third-order valence-corrected chi connectivity index (χ3v) is 8.22. The topological polar surface area (TPSA) is 75.6 Å². The quantitative estimate of drug-likeness (QED) is 0.550. The molecule has 0 saturated carbocycles. The summed E-state index contributed by atoms with van der Waals surface area (Å²) in [6, 6.07) is 18.2. The van der Waals surface area contributed by atoms with Gasteiger partial charge in [-0.15, -0.1) is 0 Å². The van der Waals surface area contributed by atoms with Gasteiger partial charge in [0.15, 0.2) is 7.14 Å². The van der Waals surface area contributed by atoms with Gasteiger partial charge in [0.25, 0.3) is 0 Å². The highest BCUT2D eigenvalue weighted by Gasteiger charge is 2.42. The van der Waals surface area contributed by atoms with Gasteiger partial charge in [-0.25, -0.2) is 0 Å². The number of hydrogen-bond donors (Lipinski definition) is 2. The lowest BCUT2D eigenvalue weighted by atomic mass is 10.0. The molecule has 2 aromatic rings. The van der Waals surface area contributed by atoms with Gasteiger partial charge in [-0.2, -0.15) is 0 Å². The van der Waals surface area contributed by atoms with Crippen LogP contribution in [0.1, 0.15) is 40.0 Å². The first-order valence-electron chi connectivity index (χ1n) is 10.2. The lowest BCUT2D eigenvalue weighted by Crippen LogP contribution is -2.42. The van der Waals surface area contributed by atoms with Gasteiger partial charge in [0.1, 0.15) is 5.85 Å². The first-order chi connectivity index (χ1) is 13.9. The summed E-state index contributed by atoms with van der Waals surface area (Å²) < 4.78 is 20.5. The van der Waals surface area contributed by atoms with Gasteiger partial charge in [-0.05, 0) is 19.8 Å². The van der Waals surface area contributed by atoms with Crippen LogP contribution in [-0.2, 0) is 14.1 Å². The fraction of sp³-hybridized carbons (Fsp3) is 0.435. The normalized spacial score (nSPS) is 14.8. The molecule has 0 radical (unpaired) electrons. The van der Waals surface area contributed by atoms with Crippen LogP contribution >= 0.6 is 7.14 Å². The van der Waals surface area contributed by atoms with Gasteiger partial charge in [-0.3, -0.25) is 4.79 Å². The average Bonchev–Trinajstić information content (AvgIpc) is 2.72. The molecule has 0 spiro atoms. The highest BCUT2D eigenvalue weighted by atomic mass is 31.2. The molecule has 0 fully saturated rings. The highest BCUT2D eigenvalue weighted by Crippen LogP contribution is 2.51. The first kappa shape index (κ1) is 23.3. The fourth-order valence-electron chi connectivity index (χ4n) is 3.66. The maximum Gasteiger partial charge on any atom is 0.217 e. The van der Waals surface area contributed by atoms with Gasteiger partial charge >= 0.3 is 0 Å². The van der Waals surface area contributed by atoms with E-state index in [9.17, 15) is 14.5 Å². The van der Waals surface area contributed by atoms with E-state index in [1.54, 1.807) is 0 Å². The molecule has 0 bridgehead atoms. The third-order valence-electron chi connectivity index (χ3n) is 4.88. The summed E-state index contributed by atoms with van der Waals surface area (Å²) in [5.74, 6) is -1.04. The van der Waals surface area contributed by atoms with E-state index < -0.39 is 19.1 Å². The number of aliphatic hydroxyl groups is 1. The van der Waals surface area contributed by atoms with Gasteiger partial charge in [0.2, 0.25) is 5.91 Å². The number of nitrogens with one attached hydrogen (secondary N) is 1. The number of hydrogen-bond acceptors (Lipinski definition) is 4. The van der Waals surface area contributed by atoms with Crippen molar-refractivity contribution in [1.29, 1.82) is 0 Å². The summed E-state index contributed by atoms with van der Waals surface area (Å²) in [5.41, 5.74) is 0. The van der Waals surface area contributed by atoms with Crippen molar-refractivity contribution in [3.8, 4) is 0 Å². The molecule has 2 rings (SSSR count). The standard InChI is InChI=1S/C23H32NO4P/c1-4-12-19(24-18(3)25)17-22(26)23(28-5-2)29(27,20-13-8-6-9-14-20)21-15-10-7-11-16-21/h6-11,13-16,19,22-23,26H,4-5,12,17H2,1-3H3,(H,24,25)/t19-,22-,23+/m1/s1. The van der Waals surface area contributed by atoms with Gasteiger partial charge in [0.05, 0.1) is 6.10 Å². The fourth-order valence-corrected chi connectivity index (χ4v) is 6.75. The largest absolute Gasteiger partial charge is 0.390 e. The van der Waals surface area contributed by atoms with Crippen molar-refractivity contribution >= 4 is 23.7 Å². The number of carbonyl (C=O) groups excluding carboxylic acids is 1. The van der Waals surface area contributed by atoms with Crippen LogP contribution in [0.15, 0.2) is 60.7 Å². The molecule has 0 aromatic heterocycles. The van der Waals surface area contributed by atoms with Crippen molar-refractivity contribution in [2.24, 2.45) is 0 Å². The number of aliphatic hydroxyl groups excluding tert-OH is 1. The van der Waals surface area contributed by atoms with Crippen LogP contribution < -0.4 is 15.9 Å². The van der Waals surface area contributed by atoms with Crippen LogP contribution in [0.5, 0.6) is 0 Å². The van der Waals surface area contributed by atoms with E-state index >= 15 is 0 Å². The predicted molar refractivity (Wildman–Crippen MR) is 118 cm³/mol. The Morgan fingerprint density at radius 3 is 1.97 bits per heavy atom. The van der Waals surface area contributed by atoms with Crippen molar-refractivity contribution in [1.82, 2.24) is 5.32 Å². The minimum Gasteiger partial charge on any atom is -0.390 e. The molecule has 6 heteroatoms. The number of amides is 1. The summed E-state index contributed by atoms with van der Waals surface area (Å²) >= 11 is 0. The number of rotatable bonds is 11. The predicted octanol–water partition coefficient (Wildman–Crippen LogP) is 3.42. The first-order valence-corrected chi connectivity index (χ1v) is 12.0. The van der Waals surface area contributed by atoms with E-state index in [2.05, 4.69) is 5.32 Å². The minimum absolute atomic E-state index is 0.141. The highest BCUT2D eigenvalue weighted by molar-refractivity contribution is 7.79. The lowest BCUT2D eigenvalue weighted by molar-refractivity contribution is -0.120. The number of benzene rings is 2. The Hall–Kier alpha value is -1.94. The van der Waals surface area contributed by atoms with Crippen molar-refractivity contribution < 1.29 is 19.2 Å². The van der Waals surface area contributed by atoms with Crippen LogP contribution in [0.25, 0.3) is 0 Å². The Morgan fingerprint density at radius 1 is 1.03 bits per heavy atom. The Balaban J connectivity index is 2.46. The smallest absolute Gasteiger partial charge is 0.217 e. The zero-order valence-electron chi connectivity index (χ0n) is 17.5. The summed E-state index contributed by atoms with van der Waals surface area (Å²) in [7, 11) is -3.30. The second-order valence-corrected chi connectivity index (χ2v) is 10.0. The van der Waals surface area contributed by atoms with Crippen LogP contribution in [0.2, 0.25) is 0 Å². The summed E-state index contributed by atoms with van der Waals surface area (Å²) in [4.78, 5) is 11.6. The van der Waals surface area contributed by atoms with Crippen LogP contribution in [0.3, 0.4) is 0 Å². The third kappa shape index (κ3) is 6.02. The van der Waals surface area contributed by atoms with Gasteiger partial charge in [0, 0.05) is 30.2 Å². The van der Waals surface area contributed by atoms with Crippen molar-refractivity contribution in [2.75, 3.05) is 6.61 Å². The second-order valence-electron chi connectivity index (χ2n) is 7.16. The van der Waals surface area contributed by atoms with Gasteiger partial charge in [-0.1, -0.05) is 74.0 Å². The van der Waals surface area contributed by atoms with Crippen molar-refractivity contribution in [2.45, 2.75) is 58.0 Å². The summed E-state index contributed by atoms with van der Waals surface area (Å²) in [6.45, 7) is 5.65. The van der Waals surface area contributed by atoms with E-state index in [1.165, 1.54) is 6.92 Å². The van der Waals surface area contributed by atoms with Crippen LogP contribution in [-0.4, -0.2) is 35.6 Å². The molecule has 3 atom stereocenters. The number of carbonyl (C=O) groups is 1. The molecule has 0 unspecified atom stereocenters. The molecule has 2 N–H and O–H groups in total. The molecule has 0 heterocycles. The summed E-state index contributed by atoms with van der Waals surface area (Å²) in [6.07, 6.45) is 0.883. The summed E-state index contributed by atoms with van der Waals surface area (Å²) in [5, 5.41) is 15.4. The maximum atomic E-state index is 14.5. The zero-order valence-corrected chi connectivity index (χ0v) is 18.3. The second kappa shape index (κ2) is 11.3. The molecular weight excluding hydrogens is 385 g/mol. The van der Waals surface area contributed by atoms with Crippen molar-refractivity contribution in [3.05, 3.63) is 60.7 Å². The maximum absolute atomic E-state index is 14.5. The molecule has 0 saturated heterocycles. The molecule has 2 aromatic carbocycles. The minimum atomic E-state index is -3.30.